The maximum Gasteiger partial charge on any atom is 0.224 e. The van der Waals surface area contributed by atoms with Gasteiger partial charge in [-0.25, -0.2) is 4.98 Å². The molecular weight excluding hydrogens is 250 g/mol. The molecule has 106 valence electrons. The lowest BCUT2D eigenvalue weighted by Gasteiger charge is -2.12. The number of benzene rings is 1. The fourth-order valence-electron chi connectivity index (χ4n) is 1.90. The first-order chi connectivity index (χ1) is 9.49. The third-order valence-electron chi connectivity index (χ3n) is 3.18. The summed E-state index contributed by atoms with van der Waals surface area (Å²) in [7, 11) is 0. The van der Waals surface area contributed by atoms with Crippen molar-refractivity contribution >= 4 is 5.82 Å². The maximum atomic E-state index is 5.89. The van der Waals surface area contributed by atoms with E-state index in [4.69, 9.17) is 10.5 Å². The van der Waals surface area contributed by atoms with Gasteiger partial charge in [-0.15, -0.1) is 0 Å². The maximum absolute atomic E-state index is 5.89. The molecule has 0 fully saturated rings. The molecule has 1 heterocycles. The van der Waals surface area contributed by atoms with Crippen molar-refractivity contribution in [3.05, 3.63) is 41.2 Å². The van der Waals surface area contributed by atoms with Gasteiger partial charge in [-0.3, -0.25) is 0 Å². The van der Waals surface area contributed by atoms with Crippen LogP contribution in [0.1, 0.15) is 43.6 Å². The van der Waals surface area contributed by atoms with Gasteiger partial charge in [0.05, 0.1) is 0 Å². The van der Waals surface area contributed by atoms with Crippen LogP contribution in [0.3, 0.4) is 0 Å². The van der Waals surface area contributed by atoms with E-state index in [0.717, 1.165) is 17.7 Å². The van der Waals surface area contributed by atoms with Gasteiger partial charge in [-0.05, 0) is 30.0 Å². The highest BCUT2D eigenvalue weighted by Crippen LogP contribution is 2.28. The molecule has 0 bridgehead atoms. The number of rotatable bonds is 4. The van der Waals surface area contributed by atoms with E-state index in [0.29, 0.717) is 23.4 Å². The van der Waals surface area contributed by atoms with Crippen LogP contribution in [0.2, 0.25) is 0 Å². The number of aromatic nitrogens is 2. The number of ether oxygens (including phenoxy) is 1. The highest BCUT2D eigenvalue weighted by molar-refractivity contribution is 5.41. The minimum atomic E-state index is 0.435. The van der Waals surface area contributed by atoms with Crippen molar-refractivity contribution in [1.29, 1.82) is 0 Å². The van der Waals surface area contributed by atoms with E-state index in [-0.39, 0.29) is 0 Å². The Bertz CT molecular complexity index is 609. The molecule has 4 heteroatoms. The van der Waals surface area contributed by atoms with Crippen LogP contribution in [0.5, 0.6) is 11.6 Å². The van der Waals surface area contributed by atoms with E-state index in [1.807, 2.05) is 13.8 Å². The van der Waals surface area contributed by atoms with Gasteiger partial charge in [-0.2, -0.15) is 4.98 Å². The molecule has 0 saturated carbocycles. The molecule has 0 aliphatic heterocycles. The van der Waals surface area contributed by atoms with Crippen molar-refractivity contribution in [3.63, 3.8) is 0 Å². The quantitative estimate of drug-likeness (QED) is 0.917. The number of nitrogens with zero attached hydrogens (tertiary/aromatic N) is 2. The van der Waals surface area contributed by atoms with E-state index < -0.39 is 0 Å². The SMILES string of the molecule is CCc1nc(N)cc(Oc2cc(C(C)C)ccc2C)n1. The third kappa shape index (κ3) is 3.26. The van der Waals surface area contributed by atoms with Crippen LogP contribution in [-0.2, 0) is 6.42 Å². The molecule has 0 amide bonds. The van der Waals surface area contributed by atoms with Gasteiger partial charge in [0, 0.05) is 12.5 Å². The van der Waals surface area contributed by atoms with Crippen molar-refractivity contribution < 1.29 is 4.74 Å². The molecule has 2 aromatic rings. The second-order valence-electron chi connectivity index (χ2n) is 5.18. The zero-order valence-corrected chi connectivity index (χ0v) is 12.5. The minimum absolute atomic E-state index is 0.435. The van der Waals surface area contributed by atoms with Gasteiger partial charge >= 0.3 is 0 Å². The number of aryl methyl sites for hydroxylation is 2. The lowest BCUT2D eigenvalue weighted by molar-refractivity contribution is 0.455. The van der Waals surface area contributed by atoms with Crippen molar-refractivity contribution in [2.75, 3.05) is 5.73 Å². The topological polar surface area (TPSA) is 61.0 Å². The van der Waals surface area contributed by atoms with Crippen molar-refractivity contribution in [2.45, 2.75) is 40.0 Å². The van der Waals surface area contributed by atoms with Crippen molar-refractivity contribution in [2.24, 2.45) is 0 Å². The fraction of sp³-hybridized carbons (Fsp3) is 0.375. The summed E-state index contributed by atoms with van der Waals surface area (Å²) >= 11 is 0. The van der Waals surface area contributed by atoms with Crippen molar-refractivity contribution in [3.8, 4) is 11.6 Å². The molecule has 0 unspecified atom stereocenters. The molecular formula is C16H21N3O. The average Bonchev–Trinajstić information content (AvgIpc) is 2.40. The van der Waals surface area contributed by atoms with Gasteiger partial charge in [-0.1, -0.05) is 32.9 Å². The summed E-state index contributed by atoms with van der Waals surface area (Å²) in [5.41, 5.74) is 8.09. The number of anilines is 1. The second kappa shape index (κ2) is 5.90. The smallest absolute Gasteiger partial charge is 0.224 e. The Labute approximate surface area is 120 Å². The van der Waals surface area contributed by atoms with Gasteiger partial charge < -0.3 is 10.5 Å². The predicted octanol–water partition coefficient (Wildman–Crippen LogP) is 3.85. The van der Waals surface area contributed by atoms with Gasteiger partial charge in [0.2, 0.25) is 5.88 Å². The second-order valence-corrected chi connectivity index (χ2v) is 5.18. The molecule has 2 N–H and O–H groups in total. The standard InChI is InChI=1S/C16H21N3O/c1-5-15-18-14(17)9-16(19-15)20-13-8-12(10(2)3)7-6-11(13)4/h6-10H,5H2,1-4H3,(H2,17,18,19). The highest BCUT2D eigenvalue weighted by Gasteiger charge is 2.08. The summed E-state index contributed by atoms with van der Waals surface area (Å²) in [5.74, 6) is 2.90. The average molecular weight is 271 g/mol. The number of hydrogen-bond acceptors (Lipinski definition) is 4. The fourth-order valence-corrected chi connectivity index (χ4v) is 1.90. The monoisotopic (exact) mass is 271 g/mol. The summed E-state index contributed by atoms with van der Waals surface area (Å²) in [5, 5.41) is 0. The normalized spacial score (nSPS) is 10.8. The summed E-state index contributed by atoms with van der Waals surface area (Å²) in [6.07, 6.45) is 0.729. The van der Waals surface area contributed by atoms with Gasteiger partial charge in [0.1, 0.15) is 17.4 Å². The van der Waals surface area contributed by atoms with Crippen LogP contribution in [0.15, 0.2) is 24.3 Å². The zero-order chi connectivity index (χ0) is 14.7. The molecule has 20 heavy (non-hydrogen) atoms. The van der Waals surface area contributed by atoms with Crippen LogP contribution < -0.4 is 10.5 Å². The van der Waals surface area contributed by atoms with Crippen LogP contribution >= 0.6 is 0 Å². The molecule has 4 nitrogen and oxygen atoms in total. The molecule has 0 spiro atoms. The molecule has 0 saturated heterocycles. The summed E-state index contributed by atoms with van der Waals surface area (Å²) in [6.45, 7) is 8.33. The lowest BCUT2D eigenvalue weighted by Crippen LogP contribution is -2.01. The Morgan fingerprint density at radius 3 is 2.60 bits per heavy atom. The Hall–Kier alpha value is -2.10. The first-order valence-electron chi connectivity index (χ1n) is 6.91. The van der Waals surface area contributed by atoms with Crippen LogP contribution in [0.25, 0.3) is 0 Å². The predicted molar refractivity (Wildman–Crippen MR) is 81.2 cm³/mol. The zero-order valence-electron chi connectivity index (χ0n) is 12.5. The van der Waals surface area contributed by atoms with E-state index in [1.165, 1.54) is 5.56 Å². The molecule has 2 rings (SSSR count). The molecule has 0 atom stereocenters. The Morgan fingerprint density at radius 1 is 1.20 bits per heavy atom. The Morgan fingerprint density at radius 2 is 1.95 bits per heavy atom. The van der Waals surface area contributed by atoms with E-state index in [9.17, 15) is 0 Å². The van der Waals surface area contributed by atoms with Crippen LogP contribution in [-0.4, -0.2) is 9.97 Å². The highest BCUT2D eigenvalue weighted by atomic mass is 16.5. The summed E-state index contributed by atoms with van der Waals surface area (Å²) in [6, 6.07) is 7.90. The van der Waals surface area contributed by atoms with E-state index >= 15 is 0 Å². The summed E-state index contributed by atoms with van der Waals surface area (Å²) < 4.78 is 5.89. The van der Waals surface area contributed by atoms with Crippen LogP contribution in [0, 0.1) is 6.92 Å². The first kappa shape index (κ1) is 14.3. The molecule has 0 aliphatic rings. The molecule has 1 aromatic carbocycles. The van der Waals surface area contributed by atoms with Crippen molar-refractivity contribution in [1.82, 2.24) is 9.97 Å². The summed E-state index contributed by atoms with van der Waals surface area (Å²) in [4.78, 5) is 8.50. The van der Waals surface area contributed by atoms with Crippen LogP contribution in [0.4, 0.5) is 5.82 Å². The Balaban J connectivity index is 2.34. The third-order valence-corrected chi connectivity index (χ3v) is 3.18. The van der Waals surface area contributed by atoms with Gasteiger partial charge in [0.15, 0.2) is 0 Å². The lowest BCUT2D eigenvalue weighted by atomic mass is 10.0. The molecule has 0 aliphatic carbocycles. The first-order valence-corrected chi connectivity index (χ1v) is 6.91. The number of hydrogen-bond donors (Lipinski definition) is 1. The van der Waals surface area contributed by atoms with Gasteiger partial charge in [0.25, 0.3) is 0 Å². The largest absolute Gasteiger partial charge is 0.439 e. The Kier molecular flexibility index (Phi) is 4.23. The minimum Gasteiger partial charge on any atom is -0.439 e. The van der Waals surface area contributed by atoms with E-state index in [2.05, 4.69) is 42.0 Å². The molecule has 1 aromatic heterocycles. The number of nitrogens with two attached hydrogens (primary N) is 1. The molecule has 0 radical (unpaired) electrons. The number of nitrogen functional groups attached to an aromatic ring is 1. The van der Waals surface area contributed by atoms with E-state index in [1.54, 1.807) is 6.07 Å².